The normalized spacial score (nSPS) is 12.3. The lowest BCUT2D eigenvalue weighted by Crippen LogP contribution is -2.31. The summed E-state index contributed by atoms with van der Waals surface area (Å²) in [6, 6.07) is 37.8. The second-order valence-electron chi connectivity index (χ2n) is 13.1. The van der Waals surface area contributed by atoms with E-state index in [0.29, 0.717) is 11.1 Å². The lowest BCUT2D eigenvalue weighted by molar-refractivity contribution is -0.659. The molecule has 2 aromatic heterocycles. The molecule has 6 aromatic carbocycles. The van der Waals surface area contributed by atoms with E-state index in [1.807, 2.05) is 36.4 Å². The van der Waals surface area contributed by atoms with Gasteiger partial charge in [-0.15, -0.1) is 0 Å². The fourth-order valence-corrected chi connectivity index (χ4v) is 7.29. The number of nitrogens with zero attached hydrogens (tertiary/aromatic N) is 2. The maximum Gasteiger partial charge on any atom is 0.220 e. The third-order valence-electron chi connectivity index (χ3n) is 9.43. The Labute approximate surface area is 256 Å². The van der Waals surface area contributed by atoms with Crippen LogP contribution in [0.2, 0.25) is 0 Å². The quantitative estimate of drug-likeness (QED) is 0.144. The summed E-state index contributed by atoms with van der Waals surface area (Å²) in [7, 11) is 2.11. The first-order chi connectivity index (χ1) is 21.2. The van der Waals surface area contributed by atoms with Gasteiger partial charge in [-0.2, -0.15) is 0 Å². The van der Waals surface area contributed by atoms with E-state index in [1.165, 1.54) is 27.5 Å². The van der Waals surface area contributed by atoms with E-state index < -0.39 is 0 Å². The van der Waals surface area contributed by atoms with Gasteiger partial charge in [0.25, 0.3) is 0 Å². The highest BCUT2D eigenvalue weighted by atomic mass is 19.1. The van der Waals surface area contributed by atoms with Gasteiger partial charge >= 0.3 is 0 Å². The first-order valence-corrected chi connectivity index (χ1v) is 15.3. The molecule has 0 bridgehead atoms. The highest BCUT2D eigenvalue weighted by Crippen LogP contribution is 2.41. The van der Waals surface area contributed by atoms with Crippen LogP contribution in [-0.4, -0.2) is 4.57 Å². The van der Waals surface area contributed by atoms with E-state index >= 15 is 4.39 Å². The van der Waals surface area contributed by atoms with Crippen LogP contribution in [0.5, 0.6) is 0 Å². The summed E-state index contributed by atoms with van der Waals surface area (Å²) >= 11 is 0. The fourth-order valence-electron chi connectivity index (χ4n) is 7.29. The van der Waals surface area contributed by atoms with Crippen LogP contribution in [0.4, 0.5) is 4.39 Å². The minimum absolute atomic E-state index is 0.0236. The van der Waals surface area contributed by atoms with Gasteiger partial charge < -0.3 is 4.57 Å². The molecule has 8 aromatic rings. The van der Waals surface area contributed by atoms with Crippen LogP contribution in [0.25, 0.3) is 71.1 Å². The monoisotopic (exact) mass is 573 g/mol. The van der Waals surface area contributed by atoms with Gasteiger partial charge in [-0.25, -0.2) is 8.96 Å². The van der Waals surface area contributed by atoms with Crippen molar-refractivity contribution in [2.75, 3.05) is 0 Å². The molecule has 0 fully saturated rings. The number of rotatable bonds is 2. The molecule has 0 unspecified atom stereocenters. The van der Waals surface area contributed by atoms with Crippen LogP contribution in [0.15, 0.2) is 115 Å². The molecule has 0 saturated heterocycles. The molecule has 0 aliphatic rings. The van der Waals surface area contributed by atoms with Crippen molar-refractivity contribution < 1.29 is 8.96 Å². The minimum Gasteiger partial charge on any atom is -0.306 e. The summed E-state index contributed by atoms with van der Waals surface area (Å²) in [5.74, 6) is -0.206. The highest BCUT2D eigenvalue weighted by Gasteiger charge is 2.25. The van der Waals surface area contributed by atoms with Crippen LogP contribution in [0, 0.1) is 12.7 Å². The van der Waals surface area contributed by atoms with Crippen LogP contribution in [0.1, 0.15) is 31.9 Å². The second-order valence-corrected chi connectivity index (χ2v) is 13.1. The molecule has 8 rings (SSSR count). The van der Waals surface area contributed by atoms with Gasteiger partial charge in [0.1, 0.15) is 7.05 Å². The lowest BCUT2D eigenvalue weighted by atomic mass is 9.80. The average molecular weight is 574 g/mol. The predicted octanol–water partition coefficient (Wildman–Crippen LogP) is 10.5. The Morgan fingerprint density at radius 1 is 0.591 bits per heavy atom. The summed E-state index contributed by atoms with van der Waals surface area (Å²) in [5.41, 5.74) is 7.49. The van der Waals surface area contributed by atoms with Crippen molar-refractivity contribution in [3.8, 4) is 16.9 Å². The van der Waals surface area contributed by atoms with Crippen molar-refractivity contribution in [3.63, 3.8) is 0 Å². The molecule has 0 spiro atoms. The van der Waals surface area contributed by atoms with Crippen LogP contribution in [-0.2, 0) is 12.5 Å². The Morgan fingerprint density at radius 2 is 1.14 bits per heavy atom. The lowest BCUT2D eigenvalue weighted by Gasteiger charge is -2.24. The maximum absolute atomic E-state index is 16.7. The van der Waals surface area contributed by atoms with E-state index in [-0.39, 0.29) is 11.2 Å². The highest BCUT2D eigenvalue weighted by molar-refractivity contribution is 6.13. The third kappa shape index (κ3) is 3.75. The van der Waals surface area contributed by atoms with Gasteiger partial charge in [0.15, 0.2) is 12.0 Å². The molecular weight excluding hydrogens is 539 g/mol. The van der Waals surface area contributed by atoms with E-state index in [4.69, 9.17) is 0 Å². The average Bonchev–Trinajstić information content (AvgIpc) is 3.35. The van der Waals surface area contributed by atoms with Crippen molar-refractivity contribution in [2.24, 2.45) is 7.05 Å². The van der Waals surface area contributed by atoms with Crippen molar-refractivity contribution in [1.82, 2.24) is 4.57 Å². The standard InChI is InChI=1S/C41H34FN2/c1-25-26-12-6-7-13-29(26)35(41(2,3)4)24-34(25)40-33-19-18-32-27(28(33)22-23-43(40)5)20-21-38(39(32)42)44-36-16-10-8-14-30(36)31-15-9-11-17-37(31)44/h6-24H,1-5H3/q+1. The van der Waals surface area contributed by atoms with E-state index in [2.05, 4.69) is 123 Å². The molecule has 44 heavy (non-hydrogen) atoms. The number of fused-ring (bicyclic) bond motifs is 7. The van der Waals surface area contributed by atoms with Crippen LogP contribution >= 0.6 is 0 Å². The Hall–Kier alpha value is -5.02. The maximum atomic E-state index is 16.7. The predicted molar refractivity (Wildman–Crippen MR) is 183 cm³/mol. The number of hydrogen-bond donors (Lipinski definition) is 0. The van der Waals surface area contributed by atoms with Crippen molar-refractivity contribution in [1.29, 1.82) is 0 Å². The summed E-state index contributed by atoms with van der Waals surface area (Å²) in [6.07, 6.45) is 2.11. The van der Waals surface area contributed by atoms with Gasteiger partial charge in [0.05, 0.1) is 27.7 Å². The van der Waals surface area contributed by atoms with Gasteiger partial charge in [-0.05, 0) is 70.0 Å². The zero-order valence-corrected chi connectivity index (χ0v) is 25.7. The number of aryl methyl sites for hydroxylation is 2. The summed E-state index contributed by atoms with van der Waals surface area (Å²) in [5, 5.41) is 8.53. The number of para-hydroxylation sites is 2. The van der Waals surface area contributed by atoms with Gasteiger partial charge in [-0.1, -0.05) is 93.6 Å². The zero-order valence-electron chi connectivity index (χ0n) is 25.7. The van der Waals surface area contributed by atoms with Crippen molar-refractivity contribution in [2.45, 2.75) is 33.1 Å². The number of aromatic nitrogens is 2. The Kier molecular flexibility index (Phi) is 5.74. The molecule has 214 valence electrons. The van der Waals surface area contributed by atoms with Gasteiger partial charge in [-0.3, -0.25) is 0 Å². The largest absolute Gasteiger partial charge is 0.306 e. The van der Waals surface area contributed by atoms with E-state index in [1.54, 1.807) is 0 Å². The fraction of sp³-hybridized carbons (Fsp3) is 0.146. The number of benzene rings is 6. The first kappa shape index (κ1) is 26.6. The smallest absolute Gasteiger partial charge is 0.220 e. The van der Waals surface area contributed by atoms with Crippen LogP contribution < -0.4 is 4.57 Å². The molecule has 0 amide bonds. The molecule has 2 heterocycles. The molecule has 0 saturated carbocycles. The van der Waals surface area contributed by atoms with Gasteiger partial charge in [0.2, 0.25) is 5.69 Å². The van der Waals surface area contributed by atoms with Gasteiger partial charge in [0, 0.05) is 27.6 Å². The Morgan fingerprint density at radius 3 is 1.80 bits per heavy atom. The van der Waals surface area contributed by atoms with Crippen molar-refractivity contribution >= 4 is 54.1 Å². The van der Waals surface area contributed by atoms with E-state index in [0.717, 1.165) is 43.7 Å². The molecular formula is C41H34FN2+. The first-order valence-electron chi connectivity index (χ1n) is 15.3. The van der Waals surface area contributed by atoms with Crippen molar-refractivity contribution in [3.05, 3.63) is 132 Å². The van der Waals surface area contributed by atoms with Crippen LogP contribution in [0.3, 0.4) is 0 Å². The number of pyridine rings is 1. The van der Waals surface area contributed by atoms with E-state index in [9.17, 15) is 0 Å². The summed E-state index contributed by atoms with van der Waals surface area (Å²) < 4.78 is 21.0. The SMILES string of the molecule is Cc1c(-c2c3ccc4c(F)c(-n5c6ccccc6c6ccccc65)ccc4c3cc[n+]2C)cc(C(C)(C)C)c2ccccc12. The summed E-state index contributed by atoms with van der Waals surface area (Å²) in [6.45, 7) is 9.06. The summed E-state index contributed by atoms with van der Waals surface area (Å²) in [4.78, 5) is 0. The number of hydrogen-bond acceptors (Lipinski definition) is 0. The molecule has 0 aliphatic heterocycles. The third-order valence-corrected chi connectivity index (χ3v) is 9.43. The molecule has 3 heteroatoms. The zero-order chi connectivity index (χ0) is 30.3. The minimum atomic E-state index is -0.206. The second kappa shape index (κ2) is 9.49. The molecule has 2 nitrogen and oxygen atoms in total. The molecule has 0 N–H and O–H groups in total. The topological polar surface area (TPSA) is 8.81 Å². The Bertz CT molecular complexity index is 2400. The molecule has 0 aliphatic carbocycles. The molecule has 0 radical (unpaired) electrons. The molecule has 0 atom stereocenters. The Balaban J connectivity index is 1.41. The number of halogens is 1.